The van der Waals surface area contributed by atoms with Crippen LogP contribution in [0.4, 0.5) is 5.69 Å². The highest BCUT2D eigenvalue weighted by atomic mass is 16.5. The van der Waals surface area contributed by atoms with E-state index in [9.17, 15) is 0 Å². The molecule has 36 heavy (non-hydrogen) atoms. The molecule has 0 radical (unpaired) electrons. The fourth-order valence-corrected chi connectivity index (χ4v) is 4.47. The zero-order chi connectivity index (χ0) is 24.3. The number of ether oxygens (including phenoxy) is 2. The third-order valence-corrected chi connectivity index (χ3v) is 6.59. The van der Waals surface area contributed by atoms with Crippen molar-refractivity contribution in [2.45, 2.75) is 19.6 Å². The number of aromatic nitrogens is 3. The van der Waals surface area contributed by atoms with Crippen molar-refractivity contribution in [1.82, 2.24) is 14.8 Å². The van der Waals surface area contributed by atoms with E-state index in [0.29, 0.717) is 25.0 Å². The van der Waals surface area contributed by atoms with E-state index >= 15 is 0 Å². The van der Waals surface area contributed by atoms with Crippen LogP contribution in [-0.4, -0.2) is 27.9 Å². The maximum absolute atomic E-state index is 6.27. The highest BCUT2D eigenvalue weighted by Crippen LogP contribution is 2.36. The standard InChI is InChI=1S/C30H28N4O2/c1-33-27-19-24(34-17-8-18-34)13-14-25(27)29(32-33)26-15-16-28(35-20-22-9-4-2-5-10-22)31-30(26)36-21-23-11-6-3-7-12-23/h2-7,9-16,19H,8,17-18,20-21H2,1H3. The summed E-state index contributed by atoms with van der Waals surface area (Å²) in [5.74, 6) is 1.03. The molecule has 5 aromatic rings. The van der Waals surface area contributed by atoms with Crippen LogP contribution in [0.15, 0.2) is 91.0 Å². The summed E-state index contributed by atoms with van der Waals surface area (Å²) >= 11 is 0. The van der Waals surface area contributed by atoms with Crippen LogP contribution >= 0.6 is 0 Å². The summed E-state index contributed by atoms with van der Waals surface area (Å²) in [6.45, 7) is 3.08. The van der Waals surface area contributed by atoms with Gasteiger partial charge in [0.25, 0.3) is 0 Å². The van der Waals surface area contributed by atoms with Crippen LogP contribution in [0.5, 0.6) is 11.8 Å². The summed E-state index contributed by atoms with van der Waals surface area (Å²) in [5.41, 5.74) is 6.20. The molecule has 0 aliphatic carbocycles. The molecule has 0 N–H and O–H groups in total. The predicted molar refractivity (Wildman–Crippen MR) is 142 cm³/mol. The first-order valence-corrected chi connectivity index (χ1v) is 12.3. The Kier molecular flexibility index (Phi) is 6.00. The van der Waals surface area contributed by atoms with E-state index in [-0.39, 0.29) is 0 Å². The summed E-state index contributed by atoms with van der Waals surface area (Å²) in [6, 6.07) is 30.6. The Morgan fingerprint density at radius 2 is 1.47 bits per heavy atom. The van der Waals surface area contributed by atoms with E-state index in [1.165, 1.54) is 12.1 Å². The lowest BCUT2D eigenvalue weighted by Crippen LogP contribution is -2.36. The predicted octanol–water partition coefficient (Wildman–Crippen LogP) is 6.00. The van der Waals surface area contributed by atoms with Gasteiger partial charge in [0.05, 0.1) is 11.1 Å². The summed E-state index contributed by atoms with van der Waals surface area (Å²) in [4.78, 5) is 7.15. The Morgan fingerprint density at radius 1 is 0.778 bits per heavy atom. The van der Waals surface area contributed by atoms with E-state index in [1.54, 1.807) is 0 Å². The summed E-state index contributed by atoms with van der Waals surface area (Å²) in [6.07, 6.45) is 1.25. The third-order valence-electron chi connectivity index (χ3n) is 6.59. The van der Waals surface area contributed by atoms with Gasteiger partial charge in [-0.05, 0) is 41.8 Å². The van der Waals surface area contributed by atoms with Crippen LogP contribution in [-0.2, 0) is 20.3 Å². The van der Waals surface area contributed by atoms with Gasteiger partial charge >= 0.3 is 0 Å². The molecule has 6 heteroatoms. The summed E-state index contributed by atoms with van der Waals surface area (Å²) in [5, 5.41) is 5.96. The number of benzene rings is 3. The molecule has 1 aliphatic rings. The molecule has 1 aliphatic heterocycles. The zero-order valence-electron chi connectivity index (χ0n) is 20.3. The van der Waals surface area contributed by atoms with Gasteiger partial charge in [0.1, 0.15) is 18.9 Å². The van der Waals surface area contributed by atoms with Crippen molar-refractivity contribution in [3.63, 3.8) is 0 Å². The molecule has 0 unspecified atom stereocenters. The second kappa shape index (κ2) is 9.74. The Hall–Kier alpha value is -4.32. The van der Waals surface area contributed by atoms with Crippen molar-refractivity contribution >= 4 is 16.6 Å². The Balaban J connectivity index is 1.35. The number of fused-ring (bicyclic) bond motifs is 1. The van der Waals surface area contributed by atoms with Crippen LogP contribution in [0.3, 0.4) is 0 Å². The number of hydrogen-bond acceptors (Lipinski definition) is 5. The molecule has 2 aromatic heterocycles. The minimum atomic E-state index is 0.410. The largest absolute Gasteiger partial charge is 0.473 e. The van der Waals surface area contributed by atoms with Crippen molar-refractivity contribution < 1.29 is 9.47 Å². The van der Waals surface area contributed by atoms with E-state index in [0.717, 1.165) is 46.4 Å². The van der Waals surface area contributed by atoms with Gasteiger partial charge in [0.15, 0.2) is 0 Å². The SMILES string of the molecule is Cn1nc(-c2ccc(OCc3ccccc3)nc2OCc2ccccc2)c2ccc(N3CCC3)cc21. The number of aryl methyl sites for hydroxylation is 1. The average Bonchev–Trinajstić information content (AvgIpc) is 3.22. The van der Waals surface area contributed by atoms with E-state index in [2.05, 4.69) is 23.1 Å². The minimum absolute atomic E-state index is 0.410. The fourth-order valence-electron chi connectivity index (χ4n) is 4.47. The average molecular weight is 477 g/mol. The monoisotopic (exact) mass is 476 g/mol. The van der Waals surface area contributed by atoms with Gasteiger partial charge in [-0.15, -0.1) is 0 Å². The minimum Gasteiger partial charge on any atom is -0.473 e. The maximum Gasteiger partial charge on any atom is 0.226 e. The molecule has 0 saturated carbocycles. The van der Waals surface area contributed by atoms with Gasteiger partial charge in [-0.3, -0.25) is 4.68 Å². The number of hydrogen-bond donors (Lipinski definition) is 0. The molecule has 0 amide bonds. The van der Waals surface area contributed by atoms with Crippen LogP contribution in [0.2, 0.25) is 0 Å². The van der Waals surface area contributed by atoms with E-state index < -0.39 is 0 Å². The second-order valence-electron chi connectivity index (χ2n) is 9.07. The van der Waals surface area contributed by atoms with Gasteiger partial charge in [-0.1, -0.05) is 60.7 Å². The molecule has 3 heterocycles. The smallest absolute Gasteiger partial charge is 0.226 e. The topological polar surface area (TPSA) is 52.4 Å². The fraction of sp³-hybridized carbons (Fsp3) is 0.200. The number of anilines is 1. The van der Waals surface area contributed by atoms with Crippen LogP contribution in [0.25, 0.3) is 22.2 Å². The van der Waals surface area contributed by atoms with E-state index in [4.69, 9.17) is 19.6 Å². The molecule has 6 nitrogen and oxygen atoms in total. The van der Waals surface area contributed by atoms with Gasteiger partial charge < -0.3 is 14.4 Å². The highest BCUT2D eigenvalue weighted by molar-refractivity contribution is 5.96. The van der Waals surface area contributed by atoms with Crippen molar-refractivity contribution in [3.05, 3.63) is 102 Å². The molecule has 0 spiro atoms. The molecule has 1 fully saturated rings. The number of rotatable bonds is 8. The third kappa shape index (κ3) is 4.50. The van der Waals surface area contributed by atoms with E-state index in [1.807, 2.05) is 84.5 Å². The number of nitrogens with zero attached hydrogens (tertiary/aromatic N) is 4. The molecule has 1 saturated heterocycles. The first-order valence-electron chi connectivity index (χ1n) is 12.3. The zero-order valence-corrected chi connectivity index (χ0v) is 20.3. The molecule has 3 aromatic carbocycles. The molecular weight excluding hydrogens is 448 g/mol. The Morgan fingerprint density at radius 3 is 2.14 bits per heavy atom. The normalized spacial score (nSPS) is 13.0. The molecule has 0 atom stereocenters. The molecular formula is C30H28N4O2. The van der Waals surface area contributed by atoms with Gasteiger partial charge in [0, 0.05) is 37.3 Å². The van der Waals surface area contributed by atoms with Crippen molar-refractivity contribution in [1.29, 1.82) is 0 Å². The lowest BCUT2D eigenvalue weighted by atomic mass is 10.1. The van der Waals surface area contributed by atoms with Gasteiger partial charge in [-0.2, -0.15) is 10.1 Å². The number of pyridine rings is 1. The lowest BCUT2D eigenvalue weighted by Gasteiger charge is -2.33. The first kappa shape index (κ1) is 22.2. The quantitative estimate of drug-likeness (QED) is 0.275. The summed E-state index contributed by atoms with van der Waals surface area (Å²) in [7, 11) is 1.99. The Labute approximate surface area is 210 Å². The molecule has 0 bridgehead atoms. The Bertz CT molecular complexity index is 1480. The van der Waals surface area contributed by atoms with Crippen LogP contribution < -0.4 is 14.4 Å². The molecule has 180 valence electrons. The lowest BCUT2D eigenvalue weighted by molar-refractivity contribution is 0.268. The van der Waals surface area contributed by atoms with Crippen molar-refractivity contribution in [2.24, 2.45) is 7.05 Å². The van der Waals surface area contributed by atoms with Crippen LogP contribution in [0.1, 0.15) is 17.5 Å². The van der Waals surface area contributed by atoms with Crippen molar-refractivity contribution in [2.75, 3.05) is 18.0 Å². The van der Waals surface area contributed by atoms with Gasteiger partial charge in [-0.25, -0.2) is 0 Å². The van der Waals surface area contributed by atoms with Crippen molar-refractivity contribution in [3.8, 4) is 23.0 Å². The summed E-state index contributed by atoms with van der Waals surface area (Å²) < 4.78 is 14.2. The highest BCUT2D eigenvalue weighted by Gasteiger charge is 2.20. The maximum atomic E-state index is 6.27. The van der Waals surface area contributed by atoms with Gasteiger partial charge in [0.2, 0.25) is 11.8 Å². The second-order valence-corrected chi connectivity index (χ2v) is 9.07. The van der Waals surface area contributed by atoms with Crippen LogP contribution in [0, 0.1) is 0 Å². The first-order chi connectivity index (χ1) is 17.7. The molecule has 6 rings (SSSR count).